The topological polar surface area (TPSA) is 72.2 Å². The highest BCUT2D eigenvalue weighted by molar-refractivity contribution is 9.11. The Hall–Kier alpha value is -0.270. The average molecular weight is 372 g/mol. The van der Waals surface area contributed by atoms with Gasteiger partial charge >= 0.3 is 0 Å². The number of nitrogen functional groups attached to an aromatic ring is 1. The molecule has 0 heterocycles. The monoisotopic (exact) mass is 370 g/mol. The fraction of sp³-hybridized carbons (Fsp3) is 0.333. The van der Waals surface area contributed by atoms with E-state index in [1.54, 1.807) is 12.1 Å². The number of rotatable bonds is 4. The Labute approximate surface area is 112 Å². The lowest BCUT2D eigenvalue weighted by Gasteiger charge is -2.11. The first kappa shape index (κ1) is 13.8. The van der Waals surface area contributed by atoms with Crippen LogP contribution < -0.4 is 10.5 Å². The molecule has 1 rings (SSSR count). The van der Waals surface area contributed by atoms with Crippen molar-refractivity contribution >= 4 is 53.3 Å². The van der Waals surface area contributed by atoms with Gasteiger partial charge in [0.15, 0.2) is 0 Å². The van der Waals surface area contributed by atoms with Gasteiger partial charge in [0, 0.05) is 14.6 Å². The standard InChI is InChI=1S/C9H12Br2N2O2S/c1-2-3-16(14,15)13-9-7(10)4-6(12)5-8(9)11/h4-5,13H,2-3,12H2,1H3. The maximum atomic E-state index is 11.6. The van der Waals surface area contributed by atoms with Crippen LogP contribution in [0, 0.1) is 0 Å². The molecular formula is C9H12Br2N2O2S. The third-order valence-electron chi connectivity index (χ3n) is 1.79. The zero-order valence-corrected chi connectivity index (χ0v) is 12.6. The predicted octanol–water partition coefficient (Wildman–Crippen LogP) is 2.95. The summed E-state index contributed by atoms with van der Waals surface area (Å²) >= 11 is 6.53. The number of anilines is 2. The molecular weight excluding hydrogens is 360 g/mol. The van der Waals surface area contributed by atoms with Gasteiger partial charge in [-0.3, -0.25) is 4.72 Å². The van der Waals surface area contributed by atoms with Crippen LogP contribution in [0.2, 0.25) is 0 Å². The maximum absolute atomic E-state index is 11.6. The third kappa shape index (κ3) is 3.64. The van der Waals surface area contributed by atoms with Gasteiger partial charge in [-0.25, -0.2) is 8.42 Å². The van der Waals surface area contributed by atoms with Crippen molar-refractivity contribution in [2.45, 2.75) is 13.3 Å². The molecule has 0 unspecified atom stereocenters. The van der Waals surface area contributed by atoms with E-state index in [4.69, 9.17) is 5.73 Å². The van der Waals surface area contributed by atoms with Crippen LogP contribution in [0.3, 0.4) is 0 Å². The average Bonchev–Trinajstić information content (AvgIpc) is 2.11. The van der Waals surface area contributed by atoms with Crippen molar-refractivity contribution in [3.05, 3.63) is 21.1 Å². The molecule has 0 aromatic heterocycles. The van der Waals surface area contributed by atoms with Crippen LogP contribution >= 0.6 is 31.9 Å². The first-order valence-corrected chi connectivity index (χ1v) is 7.84. The van der Waals surface area contributed by atoms with Crippen molar-refractivity contribution in [2.24, 2.45) is 0 Å². The molecule has 1 aromatic carbocycles. The lowest BCUT2D eigenvalue weighted by Crippen LogP contribution is -2.16. The number of nitrogens with one attached hydrogen (secondary N) is 1. The Balaban J connectivity index is 3.07. The molecule has 16 heavy (non-hydrogen) atoms. The van der Waals surface area contributed by atoms with Crippen molar-refractivity contribution < 1.29 is 8.42 Å². The molecule has 0 saturated heterocycles. The van der Waals surface area contributed by atoms with Crippen LogP contribution in [0.1, 0.15) is 13.3 Å². The summed E-state index contributed by atoms with van der Waals surface area (Å²) in [5.41, 5.74) is 6.64. The first-order chi connectivity index (χ1) is 7.35. The van der Waals surface area contributed by atoms with E-state index in [1.807, 2.05) is 6.92 Å². The molecule has 0 saturated carbocycles. The second-order valence-corrected chi connectivity index (χ2v) is 6.83. The van der Waals surface area contributed by atoms with Crippen LogP contribution in [0.25, 0.3) is 0 Å². The summed E-state index contributed by atoms with van der Waals surface area (Å²) in [6.07, 6.45) is 0.569. The van der Waals surface area contributed by atoms with Gasteiger partial charge in [-0.2, -0.15) is 0 Å². The fourth-order valence-corrected chi connectivity index (χ4v) is 4.02. The highest BCUT2D eigenvalue weighted by Gasteiger charge is 2.14. The minimum atomic E-state index is -3.29. The predicted molar refractivity (Wildman–Crippen MR) is 74.0 cm³/mol. The Kier molecular flexibility index (Phi) is 4.63. The van der Waals surface area contributed by atoms with Gasteiger partial charge < -0.3 is 5.73 Å². The van der Waals surface area contributed by atoms with E-state index >= 15 is 0 Å². The summed E-state index contributed by atoms with van der Waals surface area (Å²) in [6.45, 7) is 1.81. The Morgan fingerprint density at radius 1 is 1.31 bits per heavy atom. The maximum Gasteiger partial charge on any atom is 0.232 e. The number of benzene rings is 1. The molecule has 0 bridgehead atoms. The number of nitrogens with two attached hydrogens (primary N) is 1. The summed E-state index contributed by atoms with van der Waals surface area (Å²) in [6, 6.07) is 3.29. The SMILES string of the molecule is CCCS(=O)(=O)Nc1c(Br)cc(N)cc1Br. The zero-order valence-electron chi connectivity index (χ0n) is 8.63. The molecule has 0 atom stereocenters. The van der Waals surface area contributed by atoms with Crippen LogP contribution in [0.15, 0.2) is 21.1 Å². The molecule has 7 heteroatoms. The molecule has 3 N–H and O–H groups in total. The van der Waals surface area contributed by atoms with Crippen molar-refractivity contribution in [1.82, 2.24) is 0 Å². The number of sulfonamides is 1. The van der Waals surface area contributed by atoms with E-state index in [2.05, 4.69) is 36.6 Å². The molecule has 0 fully saturated rings. The van der Waals surface area contributed by atoms with Crippen LogP contribution in [0.5, 0.6) is 0 Å². The molecule has 0 spiro atoms. The van der Waals surface area contributed by atoms with E-state index in [9.17, 15) is 8.42 Å². The molecule has 0 aliphatic heterocycles. The summed E-state index contributed by atoms with van der Waals surface area (Å²) in [7, 11) is -3.29. The van der Waals surface area contributed by atoms with E-state index in [0.717, 1.165) is 0 Å². The highest BCUT2D eigenvalue weighted by atomic mass is 79.9. The summed E-state index contributed by atoms with van der Waals surface area (Å²) in [5.74, 6) is 0.0935. The van der Waals surface area contributed by atoms with Gasteiger partial charge in [-0.15, -0.1) is 0 Å². The van der Waals surface area contributed by atoms with Crippen molar-refractivity contribution in [3.63, 3.8) is 0 Å². The van der Waals surface area contributed by atoms with E-state index in [0.29, 0.717) is 26.7 Å². The minimum absolute atomic E-state index is 0.0935. The quantitative estimate of drug-likeness (QED) is 0.799. The van der Waals surface area contributed by atoms with Gasteiger partial charge in [0.25, 0.3) is 0 Å². The Morgan fingerprint density at radius 3 is 2.25 bits per heavy atom. The molecule has 0 aliphatic rings. The number of hydrogen-bond donors (Lipinski definition) is 2. The lowest BCUT2D eigenvalue weighted by atomic mass is 10.3. The van der Waals surface area contributed by atoms with Crippen LogP contribution in [0.4, 0.5) is 11.4 Å². The normalized spacial score (nSPS) is 11.4. The number of hydrogen-bond acceptors (Lipinski definition) is 3. The van der Waals surface area contributed by atoms with Gasteiger partial charge in [0.1, 0.15) is 0 Å². The van der Waals surface area contributed by atoms with E-state index in [1.165, 1.54) is 0 Å². The minimum Gasteiger partial charge on any atom is -0.399 e. The first-order valence-electron chi connectivity index (χ1n) is 4.60. The Morgan fingerprint density at radius 2 is 1.81 bits per heavy atom. The summed E-state index contributed by atoms with van der Waals surface area (Å²) in [5, 5.41) is 0. The smallest absolute Gasteiger partial charge is 0.232 e. The van der Waals surface area contributed by atoms with Gasteiger partial charge in [-0.1, -0.05) is 6.92 Å². The van der Waals surface area contributed by atoms with Crippen LogP contribution in [-0.4, -0.2) is 14.2 Å². The van der Waals surface area contributed by atoms with Crippen LogP contribution in [-0.2, 0) is 10.0 Å². The molecule has 0 amide bonds. The largest absolute Gasteiger partial charge is 0.399 e. The Bertz CT molecular complexity index is 465. The molecule has 90 valence electrons. The van der Waals surface area contributed by atoms with Crippen molar-refractivity contribution in [2.75, 3.05) is 16.2 Å². The van der Waals surface area contributed by atoms with Gasteiger partial charge in [-0.05, 0) is 50.4 Å². The fourth-order valence-electron chi connectivity index (χ4n) is 1.17. The second kappa shape index (κ2) is 5.37. The van der Waals surface area contributed by atoms with E-state index < -0.39 is 10.0 Å². The molecule has 0 aliphatic carbocycles. The van der Waals surface area contributed by atoms with Crippen molar-refractivity contribution in [1.29, 1.82) is 0 Å². The van der Waals surface area contributed by atoms with Gasteiger partial charge in [0.05, 0.1) is 11.4 Å². The molecule has 0 radical (unpaired) electrons. The zero-order chi connectivity index (χ0) is 12.3. The number of halogens is 2. The molecule has 1 aromatic rings. The third-order valence-corrected chi connectivity index (χ3v) is 4.51. The highest BCUT2D eigenvalue weighted by Crippen LogP contribution is 2.34. The molecule has 4 nitrogen and oxygen atoms in total. The van der Waals surface area contributed by atoms with Gasteiger partial charge in [0.2, 0.25) is 10.0 Å². The lowest BCUT2D eigenvalue weighted by molar-refractivity contribution is 0.600. The second-order valence-electron chi connectivity index (χ2n) is 3.28. The van der Waals surface area contributed by atoms with E-state index in [-0.39, 0.29) is 5.75 Å². The van der Waals surface area contributed by atoms with Crippen molar-refractivity contribution in [3.8, 4) is 0 Å². The summed E-state index contributed by atoms with van der Waals surface area (Å²) < 4.78 is 26.9. The summed E-state index contributed by atoms with van der Waals surface area (Å²) in [4.78, 5) is 0.